The molecular weight excluding hydrogens is 258 g/mol. The normalized spacial score (nSPS) is 17.7. The quantitative estimate of drug-likeness (QED) is 0.921. The molecule has 0 bridgehead atoms. The van der Waals surface area contributed by atoms with Gasteiger partial charge in [0.1, 0.15) is 0 Å². The fourth-order valence-electron chi connectivity index (χ4n) is 2.88. The number of rotatable bonds is 4. The minimum atomic E-state index is 0.536. The molecule has 0 aromatic heterocycles. The van der Waals surface area contributed by atoms with Crippen molar-refractivity contribution in [2.75, 3.05) is 31.6 Å². The number of nitrogens with zero attached hydrogens (tertiary/aromatic N) is 2. The van der Waals surface area contributed by atoms with Crippen LogP contribution in [-0.4, -0.2) is 37.6 Å². The monoisotopic (exact) mass is 281 g/mol. The average Bonchev–Trinajstić information content (AvgIpc) is 2.46. The largest absolute Gasteiger partial charge is 0.371 e. The van der Waals surface area contributed by atoms with E-state index in [9.17, 15) is 0 Å². The summed E-state index contributed by atoms with van der Waals surface area (Å²) in [6.45, 7) is 6.31. The van der Waals surface area contributed by atoms with Gasteiger partial charge < -0.3 is 15.5 Å². The Bertz CT molecular complexity index is 414. The molecule has 1 heterocycles. The van der Waals surface area contributed by atoms with Gasteiger partial charge in [0.05, 0.1) is 0 Å². The second-order valence-corrected chi connectivity index (χ2v) is 5.69. The Morgan fingerprint density at radius 3 is 2.63 bits per heavy atom. The maximum atomic E-state index is 6.04. The van der Waals surface area contributed by atoms with Crippen LogP contribution in [-0.2, 0) is 6.54 Å². The first-order valence-corrected chi connectivity index (χ1v) is 7.47. The first-order chi connectivity index (χ1) is 9.15. The lowest BCUT2D eigenvalue weighted by atomic mass is 10.0. The van der Waals surface area contributed by atoms with Crippen molar-refractivity contribution in [3.63, 3.8) is 0 Å². The summed E-state index contributed by atoms with van der Waals surface area (Å²) >= 11 is 6.04. The van der Waals surface area contributed by atoms with E-state index in [2.05, 4.69) is 29.8 Å². The SMILES string of the molecule is CCN1CCC(N(C)c2ccc(Cl)cc2CN)CC1. The summed E-state index contributed by atoms with van der Waals surface area (Å²) in [5.41, 5.74) is 8.19. The molecule has 0 aliphatic carbocycles. The first-order valence-electron chi connectivity index (χ1n) is 7.09. The molecule has 1 aliphatic heterocycles. The van der Waals surface area contributed by atoms with Gasteiger partial charge >= 0.3 is 0 Å². The molecule has 1 saturated heterocycles. The maximum absolute atomic E-state index is 6.04. The smallest absolute Gasteiger partial charge is 0.0412 e. The van der Waals surface area contributed by atoms with E-state index in [1.807, 2.05) is 12.1 Å². The van der Waals surface area contributed by atoms with Gasteiger partial charge in [-0.3, -0.25) is 0 Å². The van der Waals surface area contributed by atoms with Crippen LogP contribution in [0.15, 0.2) is 18.2 Å². The van der Waals surface area contributed by atoms with E-state index in [0.29, 0.717) is 12.6 Å². The second-order valence-electron chi connectivity index (χ2n) is 5.25. The van der Waals surface area contributed by atoms with Crippen LogP contribution < -0.4 is 10.6 Å². The van der Waals surface area contributed by atoms with Crippen molar-refractivity contribution in [2.24, 2.45) is 5.73 Å². The van der Waals surface area contributed by atoms with Gasteiger partial charge in [0, 0.05) is 43.4 Å². The highest BCUT2D eigenvalue weighted by Crippen LogP contribution is 2.27. The summed E-state index contributed by atoms with van der Waals surface area (Å²) in [7, 11) is 2.18. The van der Waals surface area contributed by atoms with Gasteiger partial charge in [-0.15, -0.1) is 0 Å². The minimum Gasteiger partial charge on any atom is -0.371 e. The molecule has 0 amide bonds. The third-order valence-corrected chi connectivity index (χ3v) is 4.43. The van der Waals surface area contributed by atoms with E-state index in [-0.39, 0.29) is 0 Å². The molecule has 0 saturated carbocycles. The van der Waals surface area contributed by atoms with E-state index in [1.54, 1.807) is 0 Å². The number of halogens is 1. The number of hydrogen-bond acceptors (Lipinski definition) is 3. The lowest BCUT2D eigenvalue weighted by molar-refractivity contribution is 0.221. The average molecular weight is 282 g/mol. The van der Waals surface area contributed by atoms with E-state index >= 15 is 0 Å². The number of piperidine rings is 1. The van der Waals surface area contributed by atoms with E-state index in [1.165, 1.54) is 31.6 Å². The molecule has 19 heavy (non-hydrogen) atoms. The summed E-state index contributed by atoms with van der Waals surface area (Å²) in [5, 5.41) is 0.762. The zero-order valence-corrected chi connectivity index (χ0v) is 12.7. The van der Waals surface area contributed by atoms with E-state index in [4.69, 9.17) is 17.3 Å². The molecule has 2 rings (SSSR count). The highest BCUT2D eigenvalue weighted by molar-refractivity contribution is 6.30. The van der Waals surface area contributed by atoms with Crippen LogP contribution in [0, 0.1) is 0 Å². The summed E-state index contributed by atoms with van der Waals surface area (Å²) < 4.78 is 0. The third-order valence-electron chi connectivity index (χ3n) is 4.19. The van der Waals surface area contributed by atoms with Crippen molar-refractivity contribution in [1.82, 2.24) is 4.90 Å². The van der Waals surface area contributed by atoms with E-state index < -0.39 is 0 Å². The number of nitrogens with two attached hydrogens (primary N) is 1. The summed E-state index contributed by atoms with van der Waals surface area (Å²) in [5.74, 6) is 0. The van der Waals surface area contributed by atoms with Gasteiger partial charge in [0.15, 0.2) is 0 Å². The lowest BCUT2D eigenvalue weighted by Crippen LogP contribution is -2.43. The lowest BCUT2D eigenvalue weighted by Gasteiger charge is -2.38. The van der Waals surface area contributed by atoms with Gasteiger partial charge in [-0.05, 0) is 43.1 Å². The van der Waals surface area contributed by atoms with Crippen LogP contribution in [0.3, 0.4) is 0 Å². The Kier molecular flexibility index (Phi) is 5.08. The standard InChI is InChI=1S/C15H24ClN3/c1-3-19-8-6-14(7-9-19)18(2)15-5-4-13(16)10-12(15)11-17/h4-5,10,14H,3,6-9,11,17H2,1-2H3. The Labute approximate surface area is 121 Å². The van der Waals surface area contributed by atoms with Crippen LogP contribution in [0.5, 0.6) is 0 Å². The van der Waals surface area contributed by atoms with Gasteiger partial charge in [-0.1, -0.05) is 18.5 Å². The third kappa shape index (κ3) is 3.41. The van der Waals surface area contributed by atoms with Crippen molar-refractivity contribution in [3.8, 4) is 0 Å². The van der Waals surface area contributed by atoms with Crippen LogP contribution in [0.2, 0.25) is 5.02 Å². The van der Waals surface area contributed by atoms with Gasteiger partial charge in [0.25, 0.3) is 0 Å². The van der Waals surface area contributed by atoms with Crippen LogP contribution in [0.25, 0.3) is 0 Å². The van der Waals surface area contributed by atoms with Crippen molar-refractivity contribution < 1.29 is 0 Å². The molecule has 0 atom stereocenters. The molecule has 1 aromatic carbocycles. The van der Waals surface area contributed by atoms with Gasteiger partial charge in [0.2, 0.25) is 0 Å². The highest BCUT2D eigenvalue weighted by atomic mass is 35.5. The number of hydrogen-bond donors (Lipinski definition) is 1. The molecule has 3 nitrogen and oxygen atoms in total. The summed E-state index contributed by atoms with van der Waals surface area (Å²) in [6.07, 6.45) is 2.44. The predicted molar refractivity (Wildman–Crippen MR) is 82.9 cm³/mol. The fourth-order valence-corrected chi connectivity index (χ4v) is 3.08. The highest BCUT2D eigenvalue weighted by Gasteiger charge is 2.22. The Morgan fingerprint density at radius 1 is 1.37 bits per heavy atom. The molecular formula is C15H24ClN3. The summed E-state index contributed by atoms with van der Waals surface area (Å²) in [4.78, 5) is 4.89. The van der Waals surface area contributed by atoms with Gasteiger partial charge in [-0.2, -0.15) is 0 Å². The number of anilines is 1. The maximum Gasteiger partial charge on any atom is 0.0412 e. The Morgan fingerprint density at radius 2 is 2.05 bits per heavy atom. The number of likely N-dealkylation sites (tertiary alicyclic amines) is 1. The molecule has 4 heteroatoms. The zero-order chi connectivity index (χ0) is 13.8. The predicted octanol–water partition coefficient (Wildman–Crippen LogP) is 2.72. The molecule has 1 fully saturated rings. The fraction of sp³-hybridized carbons (Fsp3) is 0.600. The van der Waals surface area contributed by atoms with Crippen LogP contribution in [0.4, 0.5) is 5.69 Å². The van der Waals surface area contributed by atoms with Crippen molar-refractivity contribution >= 4 is 17.3 Å². The molecule has 2 N–H and O–H groups in total. The molecule has 0 unspecified atom stereocenters. The van der Waals surface area contributed by atoms with Crippen LogP contribution >= 0.6 is 11.6 Å². The Hall–Kier alpha value is -0.770. The topological polar surface area (TPSA) is 32.5 Å². The first kappa shape index (κ1) is 14.6. The van der Waals surface area contributed by atoms with Crippen molar-refractivity contribution in [3.05, 3.63) is 28.8 Å². The van der Waals surface area contributed by atoms with E-state index in [0.717, 1.165) is 17.1 Å². The molecule has 1 aromatic rings. The Balaban J connectivity index is 2.09. The molecule has 0 radical (unpaired) electrons. The van der Waals surface area contributed by atoms with Crippen molar-refractivity contribution in [1.29, 1.82) is 0 Å². The van der Waals surface area contributed by atoms with Gasteiger partial charge in [-0.25, -0.2) is 0 Å². The minimum absolute atomic E-state index is 0.536. The van der Waals surface area contributed by atoms with Crippen molar-refractivity contribution in [2.45, 2.75) is 32.4 Å². The zero-order valence-electron chi connectivity index (χ0n) is 11.9. The molecule has 1 aliphatic rings. The number of benzene rings is 1. The second kappa shape index (κ2) is 6.60. The molecule has 106 valence electrons. The summed E-state index contributed by atoms with van der Waals surface area (Å²) in [6, 6.07) is 6.63. The molecule has 0 spiro atoms. The van der Waals surface area contributed by atoms with Crippen LogP contribution in [0.1, 0.15) is 25.3 Å².